The van der Waals surface area contributed by atoms with E-state index in [2.05, 4.69) is 20.9 Å². The van der Waals surface area contributed by atoms with E-state index in [4.69, 9.17) is 16.3 Å². The number of carboxylic acids is 1. The van der Waals surface area contributed by atoms with Gasteiger partial charge in [0.15, 0.2) is 23.4 Å². The number of imide groups is 1. The van der Waals surface area contributed by atoms with Crippen LogP contribution in [0.4, 0.5) is 9.18 Å². The normalized spacial score (nSPS) is 16.1. The van der Waals surface area contributed by atoms with E-state index in [-0.39, 0.29) is 60.9 Å². The lowest BCUT2D eigenvalue weighted by atomic mass is 9.72. The Kier molecular flexibility index (Phi) is 11.0. The highest BCUT2D eigenvalue weighted by atomic mass is 35.5. The minimum Gasteiger partial charge on any atom is -0.534 e. The molecule has 6 amide bonds. The highest BCUT2D eigenvalue weighted by Crippen LogP contribution is 2.35. The number of amides is 6. The van der Waals surface area contributed by atoms with Crippen molar-refractivity contribution in [3.05, 3.63) is 75.8 Å². The number of fused-ring (bicyclic) bond motifs is 1. The molecular weight excluding hydrogens is 714 g/mol. The van der Waals surface area contributed by atoms with E-state index in [1.54, 1.807) is 0 Å². The zero-order chi connectivity index (χ0) is 37.9. The number of phenols is 2. The predicted octanol–water partition coefficient (Wildman–Crippen LogP) is 0.0703. The summed E-state index contributed by atoms with van der Waals surface area (Å²) >= 11 is 5.90. The third kappa shape index (κ3) is 7.76. The van der Waals surface area contributed by atoms with Gasteiger partial charge in [0.05, 0.1) is 28.3 Å². The number of aromatic hydroxyl groups is 3. The summed E-state index contributed by atoms with van der Waals surface area (Å²) in [5.74, 6) is -9.85. The molecule has 2 aliphatic heterocycles. The number of hydrogen-bond acceptors (Lipinski definition) is 12. The number of phenolic OH excluding ortho intramolecular Hbond substituents is 2. The second-order valence-electron chi connectivity index (χ2n) is 11.5. The van der Waals surface area contributed by atoms with Gasteiger partial charge >= 0.3 is 30.9 Å². The van der Waals surface area contributed by atoms with Crippen LogP contribution in [-0.4, -0.2) is 115 Å². The fraction of sp³-hybridized carbons (Fsp3) is 0.258. The second-order valence-corrected chi connectivity index (χ2v) is 11.9. The molecule has 0 saturated carbocycles. The first-order valence-electron chi connectivity index (χ1n) is 15.4. The molecule has 0 radical (unpaired) electrons. The maximum Gasteiger partial charge on any atom is 0.547 e. The lowest BCUT2D eigenvalue weighted by Crippen LogP contribution is -2.60. The molecule has 3 heterocycles. The fourth-order valence-corrected chi connectivity index (χ4v) is 5.72. The summed E-state index contributed by atoms with van der Waals surface area (Å²) < 4.78 is 20.4. The van der Waals surface area contributed by atoms with Gasteiger partial charge in [-0.1, -0.05) is 23.7 Å². The third-order valence-electron chi connectivity index (χ3n) is 8.12. The Morgan fingerprint density at radius 1 is 1.08 bits per heavy atom. The number of carboxylic acid groups (broad SMARTS) is 1. The molecule has 1 aromatic heterocycles. The van der Waals surface area contributed by atoms with Crippen LogP contribution in [0.3, 0.4) is 0 Å². The maximum absolute atomic E-state index is 15.0. The summed E-state index contributed by atoms with van der Waals surface area (Å²) in [5, 5.41) is 55.6. The number of pyridine rings is 1. The van der Waals surface area contributed by atoms with Crippen molar-refractivity contribution in [2.75, 3.05) is 26.2 Å². The number of halogens is 2. The van der Waals surface area contributed by atoms with Crippen LogP contribution in [0.15, 0.2) is 42.6 Å². The number of carbonyl (C=O) groups is 6. The fourth-order valence-electron chi connectivity index (χ4n) is 5.47. The van der Waals surface area contributed by atoms with Gasteiger partial charge in [0, 0.05) is 32.2 Å². The minimum atomic E-state index is -1.97. The van der Waals surface area contributed by atoms with E-state index in [0.29, 0.717) is 16.5 Å². The van der Waals surface area contributed by atoms with Crippen molar-refractivity contribution in [3.63, 3.8) is 0 Å². The van der Waals surface area contributed by atoms with Crippen LogP contribution >= 0.6 is 11.6 Å². The first-order valence-corrected chi connectivity index (χ1v) is 15.8. The van der Waals surface area contributed by atoms with Gasteiger partial charge in [-0.3, -0.25) is 29.1 Å². The second kappa shape index (κ2) is 15.4. The van der Waals surface area contributed by atoms with Gasteiger partial charge in [0.25, 0.3) is 5.91 Å². The molecular formula is C31H29BClFN6O12. The third-order valence-corrected chi connectivity index (χ3v) is 8.50. The topological polar surface area (TPSA) is 268 Å². The Morgan fingerprint density at radius 3 is 2.54 bits per heavy atom. The standard InChI is InChI=1S/C31H29BClFN6O12/c33-21-16(5-6-19(42)24(21)43)26(44)35-7-2-8-39-9-10-40(29(47)28(39)46)31(50)38-23(22-18(34)12-15(41)13-36-22)27(45)37-20-11-14-3-1-4-17(30(48)49)25(14)52-32(20)51/h1,3-6,12-13,20,23,41-43,51H,2,7-11H2,(H,35,44)(H,37,45)(H,38,50)(H,48,49)/t20-,23?/m0/s1. The van der Waals surface area contributed by atoms with Gasteiger partial charge in [0.1, 0.15) is 17.2 Å². The molecule has 1 fully saturated rings. The van der Waals surface area contributed by atoms with Crippen molar-refractivity contribution in [3.8, 4) is 23.0 Å². The molecule has 2 aliphatic rings. The van der Waals surface area contributed by atoms with Crippen LogP contribution in [0, 0.1) is 5.82 Å². The monoisotopic (exact) mass is 742 g/mol. The first kappa shape index (κ1) is 37.1. The number of aromatic carboxylic acids is 1. The number of urea groups is 1. The highest BCUT2D eigenvalue weighted by molar-refractivity contribution is 6.47. The average Bonchev–Trinajstić information content (AvgIpc) is 3.09. The van der Waals surface area contributed by atoms with E-state index >= 15 is 0 Å². The Morgan fingerprint density at radius 2 is 1.83 bits per heavy atom. The Labute approximate surface area is 297 Å². The van der Waals surface area contributed by atoms with Gasteiger partial charge in [-0.05, 0) is 36.6 Å². The van der Waals surface area contributed by atoms with E-state index in [1.807, 2.05) is 0 Å². The lowest BCUT2D eigenvalue weighted by molar-refractivity contribution is -0.153. The quantitative estimate of drug-likeness (QED) is 0.0592. The molecule has 1 saturated heterocycles. The summed E-state index contributed by atoms with van der Waals surface area (Å²) in [6, 6.07) is 3.85. The van der Waals surface area contributed by atoms with Crippen molar-refractivity contribution in [2.24, 2.45) is 0 Å². The van der Waals surface area contributed by atoms with Gasteiger partial charge in [-0.2, -0.15) is 0 Å². The number of nitrogens with one attached hydrogen (secondary N) is 3. The van der Waals surface area contributed by atoms with Gasteiger partial charge in [-0.25, -0.2) is 14.0 Å². The molecule has 272 valence electrons. The molecule has 2 atom stereocenters. The highest BCUT2D eigenvalue weighted by Gasteiger charge is 2.42. The molecule has 5 rings (SSSR count). The number of benzene rings is 2. The van der Waals surface area contributed by atoms with Crippen molar-refractivity contribution in [1.82, 2.24) is 30.7 Å². The Bertz CT molecular complexity index is 1970. The number of rotatable bonds is 10. The molecule has 21 heteroatoms. The van der Waals surface area contributed by atoms with Crippen LogP contribution in [-0.2, 0) is 20.8 Å². The largest absolute Gasteiger partial charge is 0.547 e. The van der Waals surface area contributed by atoms with E-state index in [0.717, 1.165) is 17.2 Å². The Hall–Kier alpha value is -6.15. The summed E-state index contributed by atoms with van der Waals surface area (Å²) in [7, 11) is -1.77. The van der Waals surface area contributed by atoms with Crippen molar-refractivity contribution >= 4 is 54.3 Å². The molecule has 0 spiro atoms. The Balaban J connectivity index is 1.22. The molecule has 52 heavy (non-hydrogen) atoms. The summed E-state index contributed by atoms with van der Waals surface area (Å²) in [5.41, 5.74) is -0.714. The number of nitrogens with zero attached hydrogens (tertiary/aromatic N) is 3. The lowest BCUT2D eigenvalue weighted by Gasteiger charge is -2.33. The molecule has 2 aromatic carbocycles. The summed E-state index contributed by atoms with van der Waals surface area (Å²) in [6.07, 6.45) is 0.819. The number of piperazine rings is 1. The van der Waals surface area contributed by atoms with Gasteiger partial charge < -0.3 is 51.0 Å². The molecule has 0 aliphatic carbocycles. The maximum atomic E-state index is 15.0. The van der Waals surface area contributed by atoms with Crippen molar-refractivity contribution in [1.29, 1.82) is 0 Å². The van der Waals surface area contributed by atoms with E-state index < -0.39 is 83.5 Å². The molecule has 0 bridgehead atoms. The molecule has 1 unspecified atom stereocenters. The van der Waals surface area contributed by atoms with E-state index in [9.17, 15) is 58.6 Å². The number of para-hydroxylation sites is 1. The molecule has 3 aromatic rings. The summed E-state index contributed by atoms with van der Waals surface area (Å²) in [4.78, 5) is 82.1. The zero-order valence-electron chi connectivity index (χ0n) is 26.7. The van der Waals surface area contributed by atoms with Crippen LogP contribution in [0.25, 0.3) is 0 Å². The SMILES string of the molecule is O=C(NCCCN1CCN(C(=O)NC(C(=O)N[C@H]2Cc3cccc(C(=O)O)c3OB2O)c2ncc(O)cc2F)C(=O)C1=O)c1ccc(O)c(O)c1Cl. The predicted molar refractivity (Wildman–Crippen MR) is 175 cm³/mol. The molecule has 18 nitrogen and oxygen atoms in total. The van der Waals surface area contributed by atoms with Crippen LogP contribution in [0.2, 0.25) is 5.02 Å². The smallest absolute Gasteiger partial charge is 0.534 e. The molecule has 8 N–H and O–H groups in total. The number of carbonyl (C=O) groups excluding carboxylic acids is 5. The van der Waals surface area contributed by atoms with E-state index in [1.165, 1.54) is 24.3 Å². The van der Waals surface area contributed by atoms with Gasteiger partial charge in [-0.15, -0.1) is 0 Å². The average molecular weight is 743 g/mol. The van der Waals surface area contributed by atoms with Crippen LogP contribution < -0.4 is 20.6 Å². The zero-order valence-corrected chi connectivity index (χ0v) is 27.5. The van der Waals surface area contributed by atoms with Gasteiger partial charge in [0.2, 0.25) is 5.91 Å². The van der Waals surface area contributed by atoms with Crippen molar-refractivity contribution in [2.45, 2.75) is 24.8 Å². The van der Waals surface area contributed by atoms with Crippen LogP contribution in [0.5, 0.6) is 23.0 Å². The summed E-state index contributed by atoms with van der Waals surface area (Å²) in [6.45, 7) is -0.502. The van der Waals surface area contributed by atoms with Crippen molar-refractivity contribution < 1.29 is 63.3 Å². The van der Waals surface area contributed by atoms with Crippen LogP contribution in [0.1, 0.15) is 44.4 Å². The number of aromatic nitrogens is 1. The number of hydrogen-bond donors (Lipinski definition) is 8. The first-order chi connectivity index (χ1) is 24.7. The minimum absolute atomic E-state index is 0.00793.